The van der Waals surface area contributed by atoms with E-state index in [2.05, 4.69) is 13.8 Å². The minimum Gasteiger partial charge on any atom is -0.393 e. The van der Waals surface area contributed by atoms with E-state index in [1.807, 2.05) is 0 Å². The Bertz CT molecular complexity index is 391. The van der Waals surface area contributed by atoms with Gasteiger partial charge < -0.3 is 5.11 Å². The smallest absolute Gasteiger partial charge is 0.0596 e. The summed E-state index contributed by atoms with van der Waals surface area (Å²) in [5, 5.41) is 10.5. The van der Waals surface area contributed by atoms with Gasteiger partial charge in [0.1, 0.15) is 0 Å². The number of aliphatic hydroxyl groups is 1. The van der Waals surface area contributed by atoms with Crippen LogP contribution in [-0.2, 0) is 0 Å². The number of hydrogen-bond acceptors (Lipinski definition) is 1. The molecule has 1 nitrogen and oxygen atoms in total. The third kappa shape index (κ3) is 1.65. The quantitative estimate of drug-likeness (QED) is 0.675. The fourth-order valence-corrected chi connectivity index (χ4v) is 7.27. The SMILES string of the molecule is CC12CCC3C(CC[C@H]4CCCC[C@]34C)C1CCC2O. The minimum absolute atomic E-state index is 0.00895. The Morgan fingerprint density at radius 1 is 0.750 bits per heavy atom. The van der Waals surface area contributed by atoms with Gasteiger partial charge in [0.05, 0.1) is 6.10 Å². The zero-order chi connectivity index (χ0) is 14.0. The summed E-state index contributed by atoms with van der Waals surface area (Å²) < 4.78 is 0. The van der Waals surface area contributed by atoms with Gasteiger partial charge in [-0.2, -0.15) is 0 Å². The van der Waals surface area contributed by atoms with Crippen molar-refractivity contribution >= 4 is 0 Å². The highest BCUT2D eigenvalue weighted by atomic mass is 16.3. The molecule has 0 heterocycles. The summed E-state index contributed by atoms with van der Waals surface area (Å²) in [4.78, 5) is 0. The highest BCUT2D eigenvalue weighted by molar-refractivity contribution is 5.08. The van der Waals surface area contributed by atoms with E-state index >= 15 is 0 Å². The van der Waals surface area contributed by atoms with Crippen LogP contribution in [0.3, 0.4) is 0 Å². The molecular formula is C19H32O. The van der Waals surface area contributed by atoms with Crippen molar-refractivity contribution in [3.63, 3.8) is 0 Å². The van der Waals surface area contributed by atoms with Crippen LogP contribution in [0.5, 0.6) is 0 Å². The topological polar surface area (TPSA) is 20.2 Å². The molecule has 0 aromatic heterocycles. The summed E-state index contributed by atoms with van der Waals surface area (Å²) in [5.41, 5.74) is 0.912. The van der Waals surface area contributed by atoms with E-state index in [9.17, 15) is 5.11 Å². The molecule has 0 saturated heterocycles. The molecule has 114 valence electrons. The van der Waals surface area contributed by atoms with E-state index in [0.29, 0.717) is 5.41 Å². The number of aliphatic hydroxyl groups excluding tert-OH is 1. The minimum atomic E-state index is -0.00895. The summed E-state index contributed by atoms with van der Waals surface area (Å²) >= 11 is 0. The predicted molar refractivity (Wildman–Crippen MR) is 82.4 cm³/mol. The van der Waals surface area contributed by atoms with E-state index in [-0.39, 0.29) is 11.5 Å². The van der Waals surface area contributed by atoms with E-state index < -0.39 is 0 Å². The molecule has 0 amide bonds. The second-order valence-electron chi connectivity index (χ2n) is 9.04. The van der Waals surface area contributed by atoms with Crippen LogP contribution in [0.4, 0.5) is 0 Å². The molecule has 4 fully saturated rings. The molecule has 0 radical (unpaired) electrons. The molecular weight excluding hydrogens is 244 g/mol. The van der Waals surface area contributed by atoms with Crippen molar-refractivity contribution in [2.75, 3.05) is 0 Å². The van der Waals surface area contributed by atoms with Crippen molar-refractivity contribution in [3.05, 3.63) is 0 Å². The molecule has 0 aliphatic heterocycles. The van der Waals surface area contributed by atoms with Gasteiger partial charge in [-0.25, -0.2) is 0 Å². The fraction of sp³-hybridized carbons (Fsp3) is 1.00. The summed E-state index contributed by atoms with van der Waals surface area (Å²) in [6.07, 6.45) is 14.0. The van der Waals surface area contributed by atoms with Crippen LogP contribution < -0.4 is 0 Å². The Labute approximate surface area is 124 Å². The fourth-order valence-electron chi connectivity index (χ4n) is 7.27. The summed E-state index contributed by atoms with van der Waals surface area (Å²) in [7, 11) is 0. The van der Waals surface area contributed by atoms with Gasteiger partial charge in [0.15, 0.2) is 0 Å². The second-order valence-corrected chi connectivity index (χ2v) is 9.04. The lowest BCUT2D eigenvalue weighted by Gasteiger charge is -2.60. The zero-order valence-corrected chi connectivity index (χ0v) is 13.4. The van der Waals surface area contributed by atoms with Crippen molar-refractivity contribution < 1.29 is 5.11 Å². The maximum absolute atomic E-state index is 10.5. The molecule has 0 spiro atoms. The first-order chi connectivity index (χ1) is 9.56. The van der Waals surface area contributed by atoms with Crippen LogP contribution in [0, 0.1) is 34.5 Å². The second kappa shape index (κ2) is 4.48. The average Bonchev–Trinajstić information content (AvgIpc) is 2.74. The third-order valence-electron chi connectivity index (χ3n) is 8.53. The highest BCUT2D eigenvalue weighted by Gasteiger charge is 2.59. The molecule has 5 unspecified atom stereocenters. The summed E-state index contributed by atoms with van der Waals surface area (Å²) in [6.45, 7) is 5.04. The predicted octanol–water partition coefficient (Wildman–Crippen LogP) is 4.78. The lowest BCUT2D eigenvalue weighted by Crippen LogP contribution is -2.53. The molecule has 0 aromatic carbocycles. The van der Waals surface area contributed by atoms with Crippen LogP contribution >= 0.6 is 0 Å². The lowest BCUT2D eigenvalue weighted by molar-refractivity contribution is -0.120. The van der Waals surface area contributed by atoms with Crippen LogP contribution in [-0.4, -0.2) is 11.2 Å². The Balaban J connectivity index is 1.64. The number of fused-ring (bicyclic) bond motifs is 5. The number of hydrogen-bond donors (Lipinski definition) is 1. The van der Waals surface area contributed by atoms with Crippen LogP contribution in [0.25, 0.3) is 0 Å². The molecule has 4 rings (SSSR count). The van der Waals surface area contributed by atoms with Gasteiger partial charge in [-0.15, -0.1) is 0 Å². The maximum Gasteiger partial charge on any atom is 0.0596 e. The normalized spacial score (nSPS) is 58.6. The molecule has 0 aromatic rings. The van der Waals surface area contributed by atoms with Crippen molar-refractivity contribution in [2.24, 2.45) is 34.5 Å². The summed E-state index contributed by atoms with van der Waals surface area (Å²) in [5.74, 6) is 3.76. The van der Waals surface area contributed by atoms with Gasteiger partial charge in [-0.1, -0.05) is 26.7 Å². The number of rotatable bonds is 0. The van der Waals surface area contributed by atoms with E-state index in [1.54, 1.807) is 0 Å². The van der Waals surface area contributed by atoms with Crippen LogP contribution in [0.1, 0.15) is 78.1 Å². The van der Waals surface area contributed by atoms with Gasteiger partial charge in [0.2, 0.25) is 0 Å². The molecule has 4 aliphatic rings. The van der Waals surface area contributed by atoms with E-state index in [4.69, 9.17) is 0 Å². The molecule has 1 N–H and O–H groups in total. The van der Waals surface area contributed by atoms with Gasteiger partial charge in [0, 0.05) is 0 Å². The monoisotopic (exact) mass is 276 g/mol. The van der Waals surface area contributed by atoms with E-state index in [0.717, 1.165) is 30.1 Å². The highest BCUT2D eigenvalue weighted by Crippen LogP contribution is 2.66. The van der Waals surface area contributed by atoms with Gasteiger partial charge >= 0.3 is 0 Å². The average molecular weight is 276 g/mol. The van der Waals surface area contributed by atoms with Gasteiger partial charge in [0.25, 0.3) is 0 Å². The van der Waals surface area contributed by atoms with E-state index in [1.165, 1.54) is 57.8 Å². The standard InChI is InChI=1S/C19H32O/c1-18-11-4-3-5-13(18)6-7-14-15-8-9-17(20)19(15,2)12-10-16(14)18/h13-17,20H,3-12H2,1-2H3/t13-,14?,15?,16?,17?,18+,19?/m1/s1. The molecule has 4 saturated carbocycles. The van der Waals surface area contributed by atoms with Gasteiger partial charge in [-0.3, -0.25) is 0 Å². The van der Waals surface area contributed by atoms with Crippen molar-refractivity contribution in [1.29, 1.82) is 0 Å². The Morgan fingerprint density at radius 3 is 2.40 bits per heavy atom. The molecule has 7 atom stereocenters. The molecule has 1 heteroatoms. The Kier molecular flexibility index (Phi) is 3.05. The largest absolute Gasteiger partial charge is 0.393 e. The Hall–Kier alpha value is -0.0400. The van der Waals surface area contributed by atoms with Crippen molar-refractivity contribution in [1.82, 2.24) is 0 Å². The van der Waals surface area contributed by atoms with Crippen LogP contribution in [0.15, 0.2) is 0 Å². The third-order valence-corrected chi connectivity index (χ3v) is 8.53. The maximum atomic E-state index is 10.5. The zero-order valence-electron chi connectivity index (χ0n) is 13.4. The molecule has 20 heavy (non-hydrogen) atoms. The molecule has 4 aliphatic carbocycles. The van der Waals surface area contributed by atoms with Crippen molar-refractivity contribution in [3.8, 4) is 0 Å². The molecule has 0 bridgehead atoms. The van der Waals surface area contributed by atoms with Crippen molar-refractivity contribution in [2.45, 2.75) is 84.2 Å². The first kappa shape index (κ1) is 13.6. The lowest BCUT2D eigenvalue weighted by atomic mass is 9.45. The Morgan fingerprint density at radius 2 is 1.55 bits per heavy atom. The summed E-state index contributed by atoms with van der Waals surface area (Å²) in [6, 6.07) is 0. The van der Waals surface area contributed by atoms with Gasteiger partial charge in [-0.05, 0) is 85.9 Å². The first-order valence-corrected chi connectivity index (χ1v) is 9.24. The van der Waals surface area contributed by atoms with Crippen LogP contribution in [0.2, 0.25) is 0 Å². The first-order valence-electron chi connectivity index (χ1n) is 9.24.